The molecule has 0 aliphatic carbocycles. The molecule has 0 atom stereocenters. The van der Waals surface area contributed by atoms with Gasteiger partial charge in [0, 0.05) is 74.1 Å². The van der Waals surface area contributed by atoms with Gasteiger partial charge in [-0.2, -0.15) is 0 Å². The minimum absolute atomic E-state index is 0.437. The molecule has 7 nitrogen and oxygen atoms in total. The third-order valence-electron chi connectivity index (χ3n) is 12.5. The summed E-state index contributed by atoms with van der Waals surface area (Å²) in [6.45, 7) is 0. The fraction of sp³-hybridized carbons (Fsp3) is 0. The van der Waals surface area contributed by atoms with Gasteiger partial charge in [-0.15, -0.1) is 0 Å². The van der Waals surface area contributed by atoms with Crippen LogP contribution in [0.1, 0.15) is 0 Å². The van der Waals surface area contributed by atoms with Crippen LogP contribution in [0.25, 0.3) is 133 Å². The van der Waals surface area contributed by atoms with Crippen LogP contribution in [0.5, 0.6) is 0 Å². The van der Waals surface area contributed by atoms with E-state index < -0.39 is 0 Å². The van der Waals surface area contributed by atoms with Crippen molar-refractivity contribution < 1.29 is 4.42 Å². The van der Waals surface area contributed by atoms with Crippen molar-refractivity contribution in [1.82, 2.24) is 29.9 Å². The zero-order chi connectivity index (χ0) is 44.3. The van der Waals surface area contributed by atoms with Crippen LogP contribution < -0.4 is 0 Å². The SMILES string of the molecule is c1ccc2ncc(-c3cc(-c4cc(-c5cc(-c6cnc7ccccc7c6)cc(-c6cnc7ccccc7c6)c5)nc(-c5nc6ccccc6o5)c4)cc(-c4cnc5ccccc5c4)c3)cc2c1. The van der Waals surface area contributed by atoms with Crippen molar-refractivity contribution in [3.05, 3.63) is 219 Å². The molecule has 0 saturated heterocycles. The van der Waals surface area contributed by atoms with Crippen molar-refractivity contribution in [2.45, 2.75) is 0 Å². The normalized spacial score (nSPS) is 11.6. The average molecular weight is 857 g/mol. The fourth-order valence-corrected chi connectivity index (χ4v) is 9.09. The molecule has 13 aromatic rings. The first-order chi connectivity index (χ1) is 33.1. The Labute approximate surface area is 384 Å². The van der Waals surface area contributed by atoms with Gasteiger partial charge in [-0.1, -0.05) is 84.9 Å². The lowest BCUT2D eigenvalue weighted by molar-refractivity contribution is 0.617. The summed E-state index contributed by atoms with van der Waals surface area (Å²) in [6.07, 6.45) is 7.82. The molecule has 0 amide bonds. The van der Waals surface area contributed by atoms with Crippen molar-refractivity contribution >= 4 is 54.7 Å². The number of rotatable bonds is 7. The largest absolute Gasteiger partial charge is 0.435 e. The van der Waals surface area contributed by atoms with Gasteiger partial charge in [0.1, 0.15) is 11.2 Å². The van der Waals surface area contributed by atoms with Crippen LogP contribution in [-0.4, -0.2) is 29.9 Å². The van der Waals surface area contributed by atoms with Crippen molar-refractivity contribution in [1.29, 1.82) is 0 Å². The Hall–Kier alpha value is -9.20. The molecule has 0 bridgehead atoms. The Morgan fingerprint density at radius 2 is 0.582 bits per heavy atom. The molecule has 0 N–H and O–H groups in total. The van der Waals surface area contributed by atoms with Crippen LogP contribution >= 0.6 is 0 Å². The van der Waals surface area contributed by atoms with Gasteiger partial charge >= 0.3 is 0 Å². The van der Waals surface area contributed by atoms with Crippen LogP contribution in [0.4, 0.5) is 0 Å². The maximum atomic E-state index is 6.46. The lowest BCUT2D eigenvalue weighted by Crippen LogP contribution is -1.94. The number of pyridine rings is 5. The Balaban J connectivity index is 1.05. The molecule has 0 aliphatic rings. The van der Waals surface area contributed by atoms with Gasteiger partial charge in [0.15, 0.2) is 5.58 Å². The van der Waals surface area contributed by atoms with Crippen LogP contribution in [0.15, 0.2) is 223 Å². The first kappa shape index (κ1) is 38.3. The predicted octanol–water partition coefficient (Wildman–Crippen LogP) is 15.1. The van der Waals surface area contributed by atoms with Crippen LogP contribution in [0.2, 0.25) is 0 Å². The summed E-state index contributed by atoms with van der Waals surface area (Å²) in [4.78, 5) is 29.9. The molecule has 0 radical (unpaired) electrons. The van der Waals surface area contributed by atoms with Gasteiger partial charge in [-0.25, -0.2) is 9.97 Å². The first-order valence-electron chi connectivity index (χ1n) is 22.2. The van der Waals surface area contributed by atoms with E-state index in [9.17, 15) is 0 Å². The van der Waals surface area contributed by atoms with E-state index in [2.05, 4.69) is 109 Å². The zero-order valence-electron chi connectivity index (χ0n) is 35.9. The smallest absolute Gasteiger partial charge is 0.246 e. The van der Waals surface area contributed by atoms with Crippen molar-refractivity contribution in [2.24, 2.45) is 0 Å². The molecule has 0 spiro atoms. The summed E-state index contributed by atoms with van der Waals surface area (Å²) in [5, 5.41) is 4.28. The molecule has 0 unspecified atom stereocenters. The highest BCUT2D eigenvalue weighted by atomic mass is 16.3. The number of fused-ring (bicyclic) bond motifs is 5. The molecule has 67 heavy (non-hydrogen) atoms. The second-order valence-corrected chi connectivity index (χ2v) is 16.9. The number of benzene rings is 7. The molecule has 7 heteroatoms. The summed E-state index contributed by atoms with van der Waals surface area (Å²) in [5.41, 5.74) is 17.5. The molecule has 6 aromatic heterocycles. The van der Waals surface area contributed by atoms with E-state index in [1.54, 1.807) is 0 Å². The van der Waals surface area contributed by atoms with Gasteiger partial charge in [0.25, 0.3) is 0 Å². The Morgan fingerprint density at radius 1 is 0.254 bits per heavy atom. The zero-order valence-corrected chi connectivity index (χ0v) is 35.9. The summed E-state index contributed by atoms with van der Waals surface area (Å²) >= 11 is 0. The average Bonchev–Trinajstić information content (AvgIpc) is 3.85. The third kappa shape index (κ3) is 7.21. The summed E-state index contributed by atoms with van der Waals surface area (Å²) < 4.78 is 6.46. The van der Waals surface area contributed by atoms with Gasteiger partial charge in [-0.3, -0.25) is 19.9 Å². The maximum absolute atomic E-state index is 6.46. The van der Waals surface area contributed by atoms with E-state index in [4.69, 9.17) is 34.3 Å². The highest BCUT2D eigenvalue weighted by molar-refractivity contribution is 5.92. The van der Waals surface area contributed by atoms with Crippen LogP contribution in [0, 0.1) is 0 Å². The number of para-hydroxylation sites is 6. The minimum atomic E-state index is 0.437. The predicted molar refractivity (Wildman–Crippen MR) is 271 cm³/mol. The standard InChI is InChI=1S/C60H36N6O/c1-5-15-52-37(11-1)21-48(33-61-52)42-25-41(26-43(27-42)49-22-38-12-2-6-16-53(38)62-34-49)46-31-57(65-58(32-46)60-66-56-19-9-10-20-59(56)67-60)47-29-44(50-23-39-13-3-7-17-54(39)63-35-50)28-45(30-47)51-24-40-14-4-8-18-55(40)64-36-51/h1-36H. The van der Waals surface area contributed by atoms with Crippen LogP contribution in [0.3, 0.4) is 0 Å². The van der Waals surface area contributed by atoms with Crippen molar-refractivity contribution in [2.75, 3.05) is 0 Å². The highest BCUT2D eigenvalue weighted by Crippen LogP contribution is 2.40. The van der Waals surface area contributed by atoms with Crippen molar-refractivity contribution in [3.63, 3.8) is 0 Å². The molecule has 0 saturated carbocycles. The molecule has 13 rings (SSSR count). The van der Waals surface area contributed by atoms with Gasteiger partial charge < -0.3 is 4.42 Å². The molecular formula is C60H36N6O. The molecular weight excluding hydrogens is 821 g/mol. The van der Waals surface area contributed by atoms with Gasteiger partial charge in [0.05, 0.1) is 27.8 Å². The van der Waals surface area contributed by atoms with Gasteiger partial charge in [-0.05, 0) is 143 Å². The summed E-state index contributed by atoms with van der Waals surface area (Å²) in [7, 11) is 0. The molecule has 6 heterocycles. The fourth-order valence-electron chi connectivity index (χ4n) is 9.09. The molecule has 7 aromatic carbocycles. The monoisotopic (exact) mass is 856 g/mol. The van der Waals surface area contributed by atoms with E-state index in [0.717, 1.165) is 116 Å². The Bertz CT molecular complexity index is 3630. The van der Waals surface area contributed by atoms with E-state index in [-0.39, 0.29) is 0 Å². The number of nitrogens with zero attached hydrogens (tertiary/aromatic N) is 6. The Morgan fingerprint density at radius 3 is 1.00 bits per heavy atom. The number of oxazole rings is 1. The Kier molecular flexibility index (Phi) is 9.03. The number of hydrogen-bond donors (Lipinski definition) is 0. The molecule has 0 aliphatic heterocycles. The lowest BCUT2D eigenvalue weighted by atomic mass is 9.92. The maximum Gasteiger partial charge on any atom is 0.246 e. The second kappa shape index (κ2) is 15.8. The molecule has 0 fully saturated rings. The summed E-state index contributed by atoms with van der Waals surface area (Å²) in [6, 6.07) is 67.1. The number of aromatic nitrogens is 6. The van der Waals surface area contributed by atoms with E-state index in [1.165, 1.54) is 0 Å². The minimum Gasteiger partial charge on any atom is -0.435 e. The summed E-state index contributed by atoms with van der Waals surface area (Å²) in [5.74, 6) is 0.437. The topological polar surface area (TPSA) is 90.5 Å². The van der Waals surface area contributed by atoms with Gasteiger partial charge in [0.2, 0.25) is 5.89 Å². The second-order valence-electron chi connectivity index (χ2n) is 16.9. The van der Waals surface area contributed by atoms with Crippen LogP contribution in [-0.2, 0) is 0 Å². The lowest BCUT2D eigenvalue weighted by Gasteiger charge is -2.15. The first-order valence-corrected chi connectivity index (χ1v) is 22.2. The van der Waals surface area contributed by atoms with E-state index in [1.807, 2.05) is 110 Å². The van der Waals surface area contributed by atoms with Crippen molar-refractivity contribution in [3.8, 4) is 78.5 Å². The quantitative estimate of drug-likeness (QED) is 0.158. The third-order valence-corrected chi connectivity index (χ3v) is 12.5. The molecule has 312 valence electrons. The van der Waals surface area contributed by atoms with E-state index >= 15 is 0 Å². The number of hydrogen-bond acceptors (Lipinski definition) is 7. The highest BCUT2D eigenvalue weighted by Gasteiger charge is 2.18. The van der Waals surface area contributed by atoms with E-state index in [0.29, 0.717) is 17.2 Å².